The first-order valence-corrected chi connectivity index (χ1v) is 13.6. The maximum Gasteiger partial charge on any atom is 0.409 e. The van der Waals surface area contributed by atoms with E-state index in [2.05, 4.69) is 5.32 Å². The molecule has 0 radical (unpaired) electrons. The number of hydrogen-bond acceptors (Lipinski definition) is 8. The van der Waals surface area contributed by atoms with E-state index in [-0.39, 0.29) is 22.1 Å². The largest absolute Gasteiger partial charge is 0.450 e. The molecule has 28 heavy (non-hydrogen) atoms. The van der Waals surface area contributed by atoms with Crippen molar-refractivity contribution in [3.05, 3.63) is 16.5 Å². The van der Waals surface area contributed by atoms with E-state index in [4.69, 9.17) is 16.3 Å². The van der Waals surface area contributed by atoms with Crippen molar-refractivity contribution < 1.29 is 26.4 Å². The second-order valence-corrected chi connectivity index (χ2v) is 13.2. The fourth-order valence-electron chi connectivity index (χ4n) is 3.62. The summed E-state index contributed by atoms with van der Waals surface area (Å²) < 4.78 is 55.8. The zero-order valence-corrected chi connectivity index (χ0v) is 18.5. The fourth-order valence-corrected chi connectivity index (χ4v) is 10.0. The van der Waals surface area contributed by atoms with Gasteiger partial charge in [0.05, 0.1) is 27.7 Å². The van der Waals surface area contributed by atoms with E-state index in [1.54, 1.807) is 11.8 Å². The molecule has 1 amide bonds. The highest BCUT2D eigenvalue weighted by Crippen LogP contribution is 2.32. The van der Waals surface area contributed by atoms with Gasteiger partial charge in [-0.1, -0.05) is 11.6 Å². The van der Waals surface area contributed by atoms with Crippen LogP contribution in [0.5, 0.6) is 0 Å². The minimum atomic E-state index is -3.81. The average molecular weight is 471 g/mol. The number of thiophene rings is 1. The molecule has 0 aromatic carbocycles. The Morgan fingerprint density at radius 2 is 2.00 bits per heavy atom. The number of nitrogens with one attached hydrogen (secondary N) is 1. The van der Waals surface area contributed by atoms with E-state index < -0.39 is 36.7 Å². The first kappa shape index (κ1) is 21.8. The third-order valence-electron chi connectivity index (χ3n) is 5.00. The Morgan fingerprint density at radius 3 is 2.57 bits per heavy atom. The molecule has 12 heteroatoms. The Balaban J connectivity index is 1.69. The number of carbonyl (C=O) groups is 1. The number of hydrogen-bond donors (Lipinski definition) is 1. The van der Waals surface area contributed by atoms with Crippen LogP contribution in [0, 0.1) is 0 Å². The van der Waals surface area contributed by atoms with Gasteiger partial charge < -0.3 is 15.0 Å². The van der Waals surface area contributed by atoms with Gasteiger partial charge in [-0.15, -0.1) is 11.3 Å². The van der Waals surface area contributed by atoms with Gasteiger partial charge in [0.15, 0.2) is 19.7 Å². The average Bonchev–Trinajstić information content (AvgIpc) is 3.19. The van der Waals surface area contributed by atoms with Gasteiger partial charge in [-0.2, -0.15) is 0 Å². The number of likely N-dealkylation sites (tertiary alicyclic amines) is 1. The topological polar surface area (TPSA) is 110 Å². The molecule has 8 nitrogen and oxygen atoms in total. The van der Waals surface area contributed by atoms with E-state index >= 15 is 0 Å². The molecule has 0 unspecified atom stereocenters. The molecule has 3 rings (SSSR count). The second-order valence-electron chi connectivity index (χ2n) is 6.95. The lowest BCUT2D eigenvalue weighted by atomic mass is 10.0. The lowest BCUT2D eigenvalue weighted by molar-refractivity contribution is 0.0945. The van der Waals surface area contributed by atoms with Gasteiger partial charge in [0.2, 0.25) is 0 Å². The summed E-state index contributed by atoms with van der Waals surface area (Å²) >= 11 is 6.80. The van der Waals surface area contributed by atoms with Crippen LogP contribution in [0.1, 0.15) is 19.8 Å². The van der Waals surface area contributed by atoms with Crippen LogP contribution >= 0.6 is 22.9 Å². The zero-order chi connectivity index (χ0) is 20.5. The van der Waals surface area contributed by atoms with Crippen LogP contribution in [0.3, 0.4) is 0 Å². The van der Waals surface area contributed by atoms with E-state index in [0.29, 0.717) is 36.9 Å². The van der Waals surface area contributed by atoms with E-state index in [1.807, 2.05) is 0 Å². The standard InChI is InChI=1S/C16H23ClN2O6S3/c1-2-25-16(20)19-7-5-11(6-8-19)18-12-9-27(21,22)10-13(12)28(23,24)15-4-3-14(17)26-15/h3-4,11-13,18H,2,5-10H2,1H3/t12-,13-/m0/s1. The molecule has 2 aliphatic rings. The van der Waals surface area contributed by atoms with Gasteiger partial charge in [0.25, 0.3) is 0 Å². The van der Waals surface area contributed by atoms with Crippen LogP contribution in [0.15, 0.2) is 16.3 Å². The molecule has 0 aliphatic carbocycles. The third-order valence-corrected chi connectivity index (χ3v) is 10.9. The highest BCUT2D eigenvalue weighted by molar-refractivity contribution is 7.97. The summed E-state index contributed by atoms with van der Waals surface area (Å²) in [6.07, 6.45) is 0.847. The summed E-state index contributed by atoms with van der Waals surface area (Å²) in [5.41, 5.74) is 0. The summed E-state index contributed by atoms with van der Waals surface area (Å²) in [5.74, 6) is -0.613. The number of halogens is 1. The van der Waals surface area contributed by atoms with Gasteiger partial charge in [0.1, 0.15) is 4.21 Å². The van der Waals surface area contributed by atoms with Crippen molar-refractivity contribution in [2.45, 2.75) is 41.3 Å². The fraction of sp³-hybridized carbons (Fsp3) is 0.688. The summed E-state index contributed by atoms with van der Waals surface area (Å²) in [7, 11) is -7.28. The van der Waals surface area contributed by atoms with Crippen LogP contribution < -0.4 is 5.32 Å². The predicted octanol–water partition coefficient (Wildman–Crippen LogP) is 1.55. The maximum atomic E-state index is 13.0. The Kier molecular flexibility index (Phi) is 6.60. The smallest absolute Gasteiger partial charge is 0.409 e. The number of amides is 1. The van der Waals surface area contributed by atoms with Gasteiger partial charge in [0, 0.05) is 25.2 Å². The molecule has 1 aromatic heterocycles. The zero-order valence-electron chi connectivity index (χ0n) is 15.3. The van der Waals surface area contributed by atoms with Crippen molar-refractivity contribution in [3.8, 4) is 0 Å². The molecule has 3 heterocycles. The first-order chi connectivity index (χ1) is 13.1. The van der Waals surface area contributed by atoms with Gasteiger partial charge in [-0.25, -0.2) is 21.6 Å². The van der Waals surface area contributed by atoms with Crippen LogP contribution in [-0.4, -0.2) is 76.4 Å². The van der Waals surface area contributed by atoms with Gasteiger partial charge in [-0.05, 0) is 31.9 Å². The number of sulfone groups is 2. The van der Waals surface area contributed by atoms with Crippen LogP contribution in [0.4, 0.5) is 4.79 Å². The number of nitrogens with zero attached hydrogens (tertiary/aromatic N) is 1. The molecule has 2 fully saturated rings. The third kappa shape index (κ3) is 4.81. The Hall–Kier alpha value is -0.880. The molecule has 0 bridgehead atoms. The van der Waals surface area contributed by atoms with Crippen LogP contribution in [-0.2, 0) is 24.4 Å². The Labute approximate surface area is 174 Å². The minimum Gasteiger partial charge on any atom is -0.450 e. The molecular weight excluding hydrogens is 448 g/mol. The van der Waals surface area contributed by atoms with Crippen LogP contribution in [0.25, 0.3) is 0 Å². The van der Waals surface area contributed by atoms with Crippen molar-refractivity contribution in [1.29, 1.82) is 0 Å². The van der Waals surface area contributed by atoms with E-state index in [1.165, 1.54) is 12.1 Å². The summed E-state index contributed by atoms with van der Waals surface area (Å²) in [4.78, 5) is 13.4. The molecule has 158 valence electrons. The normalized spacial score (nSPS) is 25.7. The molecule has 1 N–H and O–H groups in total. The quantitative estimate of drug-likeness (QED) is 0.695. The van der Waals surface area contributed by atoms with Gasteiger partial charge in [-0.3, -0.25) is 0 Å². The molecule has 2 atom stereocenters. The molecule has 0 saturated carbocycles. The van der Waals surface area contributed by atoms with Crippen molar-refractivity contribution in [2.75, 3.05) is 31.2 Å². The van der Waals surface area contributed by atoms with Gasteiger partial charge >= 0.3 is 6.09 Å². The predicted molar refractivity (Wildman–Crippen MR) is 107 cm³/mol. The number of carbonyl (C=O) groups excluding carboxylic acids is 1. The number of ether oxygens (including phenoxy) is 1. The number of piperidine rings is 1. The first-order valence-electron chi connectivity index (χ1n) is 9.00. The SMILES string of the molecule is CCOC(=O)N1CCC(N[C@H]2CS(=O)(=O)C[C@@H]2S(=O)(=O)c2ccc(Cl)s2)CC1. The highest BCUT2D eigenvalue weighted by atomic mass is 35.5. The minimum absolute atomic E-state index is 0.0615. The molecule has 2 aliphatic heterocycles. The Bertz CT molecular complexity index is 922. The summed E-state index contributed by atoms with van der Waals surface area (Å²) in [5, 5.41) is 2.19. The van der Waals surface area contributed by atoms with E-state index in [9.17, 15) is 21.6 Å². The lowest BCUT2D eigenvalue weighted by Gasteiger charge is -2.34. The Morgan fingerprint density at radius 1 is 1.32 bits per heavy atom. The van der Waals surface area contributed by atoms with Crippen LogP contribution in [0.2, 0.25) is 4.34 Å². The van der Waals surface area contributed by atoms with E-state index in [0.717, 1.165) is 11.3 Å². The number of rotatable bonds is 5. The van der Waals surface area contributed by atoms with Crippen molar-refractivity contribution >= 4 is 48.7 Å². The summed E-state index contributed by atoms with van der Waals surface area (Å²) in [6.45, 7) is 3.01. The summed E-state index contributed by atoms with van der Waals surface area (Å²) in [6, 6.07) is 2.17. The molecule has 2 saturated heterocycles. The van der Waals surface area contributed by atoms with Crippen molar-refractivity contribution in [3.63, 3.8) is 0 Å². The molecular formula is C16H23ClN2O6S3. The van der Waals surface area contributed by atoms with Crippen molar-refractivity contribution in [2.24, 2.45) is 0 Å². The molecule has 1 aromatic rings. The monoisotopic (exact) mass is 470 g/mol. The maximum absolute atomic E-state index is 13.0. The van der Waals surface area contributed by atoms with Crippen molar-refractivity contribution in [1.82, 2.24) is 10.2 Å². The second kappa shape index (κ2) is 8.47. The molecule has 0 spiro atoms. The lowest BCUT2D eigenvalue weighted by Crippen LogP contribution is -2.52. The highest BCUT2D eigenvalue weighted by Gasteiger charge is 2.47.